The average molecular weight is 173 g/mol. The average Bonchev–Trinajstić information content (AvgIpc) is 1.98. The highest BCUT2D eigenvalue weighted by atomic mass is 35.5. The van der Waals surface area contributed by atoms with E-state index in [1.807, 2.05) is 6.92 Å². The van der Waals surface area contributed by atoms with E-state index >= 15 is 0 Å². The maximum Gasteiger partial charge on any atom is 0.157 e. The summed E-state index contributed by atoms with van der Waals surface area (Å²) in [5.41, 5.74) is 0.618. The van der Waals surface area contributed by atoms with Gasteiger partial charge in [-0.3, -0.25) is 0 Å². The van der Waals surface area contributed by atoms with E-state index in [4.69, 9.17) is 11.6 Å². The molecule has 0 aliphatic rings. The molecule has 0 saturated heterocycles. The van der Waals surface area contributed by atoms with Gasteiger partial charge >= 0.3 is 0 Å². The number of hydrogen-bond acceptors (Lipinski definition) is 3. The molecule has 60 valence electrons. The van der Waals surface area contributed by atoms with E-state index in [-0.39, 0.29) is 5.75 Å². The molecule has 1 rings (SSSR count). The van der Waals surface area contributed by atoms with Crippen LogP contribution in [0.4, 0.5) is 5.69 Å². The van der Waals surface area contributed by atoms with Crippen molar-refractivity contribution in [3.63, 3.8) is 0 Å². The SMILES string of the molecule is CCNc1cc(Cl)ncc1O. The summed E-state index contributed by atoms with van der Waals surface area (Å²) in [6, 6.07) is 1.58. The zero-order chi connectivity index (χ0) is 8.27. The number of halogens is 1. The Morgan fingerprint density at radius 1 is 1.73 bits per heavy atom. The lowest BCUT2D eigenvalue weighted by molar-refractivity contribution is 0.474. The van der Waals surface area contributed by atoms with Gasteiger partial charge in [-0.05, 0) is 6.92 Å². The van der Waals surface area contributed by atoms with E-state index in [0.717, 1.165) is 6.54 Å². The Balaban J connectivity index is 2.93. The third kappa shape index (κ3) is 1.98. The molecule has 0 aromatic carbocycles. The van der Waals surface area contributed by atoms with Crippen LogP contribution in [0, 0.1) is 0 Å². The Morgan fingerprint density at radius 2 is 2.45 bits per heavy atom. The molecule has 11 heavy (non-hydrogen) atoms. The molecule has 0 aliphatic carbocycles. The third-order valence-corrected chi connectivity index (χ3v) is 1.42. The molecule has 1 heterocycles. The Morgan fingerprint density at radius 3 is 3.09 bits per heavy atom. The van der Waals surface area contributed by atoms with Crippen LogP contribution in [0.1, 0.15) is 6.92 Å². The third-order valence-electron chi connectivity index (χ3n) is 1.22. The Hall–Kier alpha value is -0.960. The summed E-state index contributed by atoms with van der Waals surface area (Å²) >= 11 is 5.59. The maximum atomic E-state index is 9.18. The number of rotatable bonds is 2. The highest BCUT2D eigenvalue weighted by Gasteiger charge is 1.99. The monoisotopic (exact) mass is 172 g/mol. The number of hydrogen-bond donors (Lipinski definition) is 2. The number of anilines is 1. The smallest absolute Gasteiger partial charge is 0.157 e. The van der Waals surface area contributed by atoms with Gasteiger partial charge in [-0.2, -0.15) is 0 Å². The van der Waals surface area contributed by atoms with E-state index in [0.29, 0.717) is 10.8 Å². The van der Waals surface area contributed by atoms with Crippen molar-refractivity contribution in [2.45, 2.75) is 6.92 Å². The van der Waals surface area contributed by atoms with Crippen molar-refractivity contribution in [2.75, 3.05) is 11.9 Å². The maximum absolute atomic E-state index is 9.18. The summed E-state index contributed by atoms with van der Waals surface area (Å²) in [5.74, 6) is 0.122. The van der Waals surface area contributed by atoms with Crippen LogP contribution in [0.2, 0.25) is 5.15 Å². The lowest BCUT2D eigenvalue weighted by atomic mass is 10.4. The summed E-state index contributed by atoms with van der Waals surface area (Å²) in [7, 11) is 0. The van der Waals surface area contributed by atoms with Gasteiger partial charge in [-0.15, -0.1) is 0 Å². The molecule has 0 aliphatic heterocycles. The lowest BCUT2D eigenvalue weighted by Gasteiger charge is -2.04. The fraction of sp³-hybridized carbons (Fsp3) is 0.286. The molecule has 1 aromatic heterocycles. The van der Waals surface area contributed by atoms with Crippen LogP contribution in [0.5, 0.6) is 5.75 Å². The lowest BCUT2D eigenvalue weighted by Crippen LogP contribution is -1.96. The van der Waals surface area contributed by atoms with Gasteiger partial charge in [-0.25, -0.2) is 4.98 Å². The molecule has 4 heteroatoms. The molecule has 0 unspecified atom stereocenters. The zero-order valence-electron chi connectivity index (χ0n) is 6.13. The first kappa shape index (κ1) is 8.14. The molecule has 0 amide bonds. The minimum absolute atomic E-state index is 0.122. The van der Waals surface area contributed by atoms with E-state index in [1.54, 1.807) is 6.07 Å². The van der Waals surface area contributed by atoms with Gasteiger partial charge < -0.3 is 10.4 Å². The van der Waals surface area contributed by atoms with Crippen molar-refractivity contribution >= 4 is 17.3 Å². The van der Waals surface area contributed by atoms with Crippen molar-refractivity contribution in [1.29, 1.82) is 0 Å². The quantitative estimate of drug-likeness (QED) is 0.670. The van der Waals surface area contributed by atoms with Crippen molar-refractivity contribution in [1.82, 2.24) is 4.98 Å². The minimum atomic E-state index is 0.122. The van der Waals surface area contributed by atoms with E-state index in [9.17, 15) is 5.11 Å². The van der Waals surface area contributed by atoms with Crippen LogP contribution >= 0.6 is 11.6 Å². The predicted molar refractivity (Wildman–Crippen MR) is 45.1 cm³/mol. The van der Waals surface area contributed by atoms with Crippen LogP contribution in [0.15, 0.2) is 12.3 Å². The van der Waals surface area contributed by atoms with Gasteiger partial charge in [-0.1, -0.05) is 11.6 Å². The molecule has 2 N–H and O–H groups in total. The van der Waals surface area contributed by atoms with Gasteiger partial charge in [0.1, 0.15) is 5.15 Å². The molecule has 1 aromatic rings. The number of aromatic nitrogens is 1. The molecule has 0 radical (unpaired) electrons. The van der Waals surface area contributed by atoms with Gasteiger partial charge in [0, 0.05) is 12.6 Å². The largest absolute Gasteiger partial charge is 0.504 e. The van der Waals surface area contributed by atoms with Gasteiger partial charge in [0.25, 0.3) is 0 Å². The Labute approximate surface area is 70.0 Å². The molecule has 0 bridgehead atoms. The van der Waals surface area contributed by atoms with Crippen molar-refractivity contribution in [3.8, 4) is 5.75 Å². The molecule has 0 fully saturated rings. The van der Waals surface area contributed by atoms with Crippen LogP contribution in [0.25, 0.3) is 0 Å². The highest BCUT2D eigenvalue weighted by Crippen LogP contribution is 2.23. The van der Waals surface area contributed by atoms with Crippen LogP contribution in [0.3, 0.4) is 0 Å². The normalized spacial score (nSPS) is 9.64. The fourth-order valence-electron chi connectivity index (χ4n) is 0.755. The summed E-state index contributed by atoms with van der Waals surface area (Å²) in [6.45, 7) is 2.68. The second-order valence-electron chi connectivity index (χ2n) is 2.05. The van der Waals surface area contributed by atoms with Gasteiger partial charge in [0.15, 0.2) is 5.75 Å². The van der Waals surface area contributed by atoms with Crippen molar-refractivity contribution < 1.29 is 5.11 Å². The van der Waals surface area contributed by atoms with Crippen LogP contribution in [-0.2, 0) is 0 Å². The zero-order valence-corrected chi connectivity index (χ0v) is 6.89. The topological polar surface area (TPSA) is 45.2 Å². The fourth-order valence-corrected chi connectivity index (χ4v) is 0.913. The Bertz CT molecular complexity index is 252. The van der Waals surface area contributed by atoms with Gasteiger partial charge in [0.05, 0.1) is 11.9 Å². The summed E-state index contributed by atoms with van der Waals surface area (Å²) in [6.07, 6.45) is 1.32. The standard InChI is InChI=1S/C7H9ClN2O/c1-2-9-5-3-7(8)10-4-6(5)11/h3-4,11H,2H2,1H3,(H,9,10). The first-order chi connectivity index (χ1) is 5.24. The summed E-state index contributed by atoms with van der Waals surface area (Å²) in [4.78, 5) is 3.70. The van der Waals surface area contributed by atoms with Crippen LogP contribution in [-0.4, -0.2) is 16.6 Å². The predicted octanol–water partition coefficient (Wildman–Crippen LogP) is 1.87. The molecule has 0 saturated carbocycles. The molecule has 0 atom stereocenters. The van der Waals surface area contributed by atoms with E-state index in [2.05, 4.69) is 10.3 Å². The van der Waals surface area contributed by atoms with E-state index < -0.39 is 0 Å². The minimum Gasteiger partial charge on any atom is -0.504 e. The first-order valence-electron chi connectivity index (χ1n) is 3.32. The molecule has 0 spiro atoms. The number of nitrogens with one attached hydrogen (secondary N) is 1. The first-order valence-corrected chi connectivity index (χ1v) is 3.70. The van der Waals surface area contributed by atoms with E-state index in [1.165, 1.54) is 6.20 Å². The van der Waals surface area contributed by atoms with Crippen molar-refractivity contribution in [3.05, 3.63) is 17.4 Å². The Kier molecular flexibility index (Phi) is 2.54. The molecular weight excluding hydrogens is 164 g/mol. The van der Waals surface area contributed by atoms with Crippen LogP contribution < -0.4 is 5.32 Å². The molecule has 3 nitrogen and oxygen atoms in total. The second-order valence-corrected chi connectivity index (χ2v) is 2.44. The second kappa shape index (κ2) is 3.44. The summed E-state index contributed by atoms with van der Waals surface area (Å²) < 4.78 is 0. The molecular formula is C7H9ClN2O. The van der Waals surface area contributed by atoms with Crippen molar-refractivity contribution in [2.24, 2.45) is 0 Å². The number of aromatic hydroxyl groups is 1. The number of nitrogens with zero attached hydrogens (tertiary/aromatic N) is 1. The number of pyridine rings is 1. The van der Waals surface area contributed by atoms with Gasteiger partial charge in [0.2, 0.25) is 0 Å². The summed E-state index contributed by atoms with van der Waals surface area (Å²) in [5, 5.41) is 12.5. The highest BCUT2D eigenvalue weighted by molar-refractivity contribution is 6.29.